The average Bonchev–Trinajstić information content (AvgIpc) is 2.67. The molecule has 0 N–H and O–H groups in total. The van der Waals surface area contributed by atoms with Gasteiger partial charge in [-0.25, -0.2) is 0 Å². The molecule has 2 atom stereocenters. The highest BCUT2D eigenvalue weighted by Gasteiger charge is 2.47. The van der Waals surface area contributed by atoms with Gasteiger partial charge in [0.1, 0.15) is 5.82 Å². The van der Waals surface area contributed by atoms with Gasteiger partial charge in [-0.05, 0) is 49.1 Å². The van der Waals surface area contributed by atoms with Crippen LogP contribution in [0.15, 0.2) is 0 Å². The largest absolute Gasteiger partial charge is 0.299 e. The maximum atomic E-state index is 6.11. The molecule has 4 heteroatoms. The number of aryl methyl sites for hydroxylation is 1. The number of nitrogens with zero attached hydrogens (tertiary/aromatic N) is 3. The summed E-state index contributed by atoms with van der Waals surface area (Å²) in [6.45, 7) is 2.17. The second-order valence-electron chi connectivity index (χ2n) is 4.89. The van der Waals surface area contributed by atoms with Crippen molar-refractivity contribution in [2.75, 3.05) is 0 Å². The quantitative estimate of drug-likeness (QED) is 0.792. The monoisotopic (exact) mass is 225 g/mol. The van der Waals surface area contributed by atoms with Crippen molar-refractivity contribution in [1.82, 2.24) is 14.8 Å². The van der Waals surface area contributed by atoms with Crippen molar-refractivity contribution < 1.29 is 0 Å². The molecule has 1 heterocycles. The third kappa shape index (κ3) is 1.57. The summed E-state index contributed by atoms with van der Waals surface area (Å²) in [4.78, 5) is 0. The van der Waals surface area contributed by atoms with Gasteiger partial charge in [-0.2, -0.15) is 0 Å². The molecule has 0 saturated heterocycles. The molecule has 2 fully saturated rings. The first-order valence-electron chi connectivity index (χ1n) is 5.89. The van der Waals surface area contributed by atoms with Crippen LogP contribution < -0.4 is 0 Å². The molecular weight excluding hydrogens is 210 g/mol. The van der Waals surface area contributed by atoms with Crippen LogP contribution in [0.1, 0.15) is 44.5 Å². The van der Waals surface area contributed by atoms with Crippen molar-refractivity contribution in [2.45, 2.75) is 45.1 Å². The zero-order valence-corrected chi connectivity index (χ0v) is 9.74. The standard InChI is InChI=1S/C11H16ClN3/c1-2-3-10-13-14-11(12)15(10)9-5-7-4-8(7)6-9/h7-9H,2-6H2,1H3. The summed E-state index contributed by atoms with van der Waals surface area (Å²) in [5.41, 5.74) is 0. The Morgan fingerprint density at radius 2 is 2.00 bits per heavy atom. The Balaban J connectivity index is 1.85. The molecule has 0 aromatic carbocycles. The predicted molar refractivity (Wildman–Crippen MR) is 58.9 cm³/mol. The third-order valence-corrected chi connectivity index (χ3v) is 4.04. The van der Waals surface area contributed by atoms with E-state index in [0.29, 0.717) is 11.3 Å². The molecule has 0 radical (unpaired) electrons. The molecule has 2 aliphatic rings. The van der Waals surface area contributed by atoms with E-state index < -0.39 is 0 Å². The maximum Gasteiger partial charge on any atom is 0.225 e. The number of halogens is 1. The van der Waals surface area contributed by atoms with Gasteiger partial charge < -0.3 is 0 Å². The fourth-order valence-corrected chi connectivity index (χ4v) is 3.22. The highest BCUT2D eigenvalue weighted by molar-refractivity contribution is 6.28. The smallest absolute Gasteiger partial charge is 0.225 e. The summed E-state index contributed by atoms with van der Waals surface area (Å²) in [5.74, 6) is 3.03. The first-order chi connectivity index (χ1) is 7.29. The van der Waals surface area contributed by atoms with Crippen LogP contribution in [0.4, 0.5) is 0 Å². The zero-order valence-electron chi connectivity index (χ0n) is 8.99. The molecular formula is C11H16ClN3. The minimum Gasteiger partial charge on any atom is -0.299 e. The minimum atomic E-state index is 0.581. The molecule has 0 aliphatic heterocycles. The first-order valence-corrected chi connectivity index (χ1v) is 6.26. The van der Waals surface area contributed by atoms with Crippen molar-refractivity contribution in [1.29, 1.82) is 0 Å². The van der Waals surface area contributed by atoms with Gasteiger partial charge in [0.25, 0.3) is 0 Å². The number of hydrogen-bond acceptors (Lipinski definition) is 2. The minimum absolute atomic E-state index is 0.581. The van der Waals surface area contributed by atoms with E-state index in [-0.39, 0.29) is 0 Å². The van der Waals surface area contributed by atoms with Crippen LogP contribution in [0.5, 0.6) is 0 Å². The number of rotatable bonds is 3. The van der Waals surface area contributed by atoms with Gasteiger partial charge in [-0.3, -0.25) is 4.57 Å². The van der Waals surface area contributed by atoms with Gasteiger partial charge in [0.05, 0.1) is 0 Å². The summed E-state index contributed by atoms with van der Waals surface area (Å²) in [5, 5.41) is 8.76. The van der Waals surface area contributed by atoms with E-state index in [1.165, 1.54) is 19.3 Å². The van der Waals surface area contributed by atoms with Crippen LogP contribution in [0.3, 0.4) is 0 Å². The number of hydrogen-bond donors (Lipinski definition) is 0. The van der Waals surface area contributed by atoms with E-state index in [2.05, 4.69) is 21.7 Å². The number of aromatic nitrogens is 3. The van der Waals surface area contributed by atoms with E-state index in [0.717, 1.165) is 30.5 Å². The lowest BCUT2D eigenvalue weighted by Gasteiger charge is -2.16. The van der Waals surface area contributed by atoms with Crippen molar-refractivity contribution in [2.24, 2.45) is 11.8 Å². The Morgan fingerprint density at radius 3 is 2.67 bits per heavy atom. The van der Waals surface area contributed by atoms with Crippen LogP contribution in [0, 0.1) is 11.8 Å². The van der Waals surface area contributed by atoms with Gasteiger partial charge >= 0.3 is 0 Å². The van der Waals surface area contributed by atoms with E-state index in [9.17, 15) is 0 Å². The van der Waals surface area contributed by atoms with Crippen LogP contribution in [0.25, 0.3) is 0 Å². The van der Waals surface area contributed by atoms with Crippen LogP contribution in [-0.4, -0.2) is 14.8 Å². The van der Waals surface area contributed by atoms with Crippen LogP contribution in [0.2, 0.25) is 5.28 Å². The van der Waals surface area contributed by atoms with E-state index in [1.54, 1.807) is 0 Å². The van der Waals surface area contributed by atoms with Crippen LogP contribution in [-0.2, 0) is 6.42 Å². The van der Waals surface area contributed by atoms with Crippen molar-refractivity contribution >= 4 is 11.6 Å². The SMILES string of the molecule is CCCc1nnc(Cl)n1C1CC2CC2C1. The maximum absolute atomic E-state index is 6.11. The average molecular weight is 226 g/mol. The lowest BCUT2D eigenvalue weighted by Crippen LogP contribution is -2.11. The van der Waals surface area contributed by atoms with Crippen molar-refractivity contribution in [3.63, 3.8) is 0 Å². The molecule has 2 saturated carbocycles. The predicted octanol–water partition coefficient (Wildman–Crippen LogP) is 2.86. The lowest BCUT2D eigenvalue weighted by atomic mass is 10.1. The fourth-order valence-electron chi connectivity index (χ4n) is 2.95. The van der Waals surface area contributed by atoms with E-state index >= 15 is 0 Å². The Hall–Kier alpha value is -0.570. The zero-order chi connectivity index (χ0) is 10.4. The molecule has 82 valence electrons. The summed E-state index contributed by atoms with van der Waals surface area (Å²) in [6.07, 6.45) is 6.12. The van der Waals surface area contributed by atoms with Gasteiger partial charge in [-0.1, -0.05) is 6.92 Å². The molecule has 3 rings (SSSR count). The normalized spacial score (nSPS) is 33.1. The fraction of sp³-hybridized carbons (Fsp3) is 0.818. The Labute approximate surface area is 94.8 Å². The molecule has 1 aromatic rings. The highest BCUT2D eigenvalue weighted by atomic mass is 35.5. The second kappa shape index (κ2) is 3.48. The summed E-state index contributed by atoms with van der Waals surface area (Å²) < 4.78 is 2.18. The lowest BCUT2D eigenvalue weighted by molar-refractivity contribution is 0.451. The van der Waals surface area contributed by atoms with Crippen molar-refractivity contribution in [3.05, 3.63) is 11.1 Å². The van der Waals surface area contributed by atoms with Crippen molar-refractivity contribution in [3.8, 4) is 0 Å². The Morgan fingerprint density at radius 1 is 1.27 bits per heavy atom. The van der Waals surface area contributed by atoms with Gasteiger partial charge in [0, 0.05) is 12.5 Å². The molecule has 2 aliphatic carbocycles. The summed E-state index contributed by atoms with van der Waals surface area (Å²) in [6, 6.07) is 0.581. The molecule has 15 heavy (non-hydrogen) atoms. The van der Waals surface area contributed by atoms with Gasteiger partial charge in [-0.15, -0.1) is 10.2 Å². The molecule has 1 aromatic heterocycles. The van der Waals surface area contributed by atoms with Gasteiger partial charge in [0.2, 0.25) is 5.28 Å². The van der Waals surface area contributed by atoms with Crippen LogP contribution >= 0.6 is 11.6 Å². The van der Waals surface area contributed by atoms with Gasteiger partial charge in [0.15, 0.2) is 0 Å². The molecule has 0 spiro atoms. The Kier molecular flexibility index (Phi) is 2.23. The molecule has 3 nitrogen and oxygen atoms in total. The third-order valence-electron chi connectivity index (χ3n) is 3.78. The molecule has 2 unspecified atom stereocenters. The summed E-state index contributed by atoms with van der Waals surface area (Å²) >= 11 is 6.11. The second-order valence-corrected chi connectivity index (χ2v) is 5.22. The molecule has 0 amide bonds. The number of fused-ring (bicyclic) bond motifs is 1. The Bertz CT molecular complexity index is 364. The summed E-state index contributed by atoms with van der Waals surface area (Å²) in [7, 11) is 0. The van der Waals surface area contributed by atoms with E-state index in [4.69, 9.17) is 11.6 Å². The van der Waals surface area contributed by atoms with E-state index in [1.807, 2.05) is 0 Å². The topological polar surface area (TPSA) is 30.7 Å². The molecule has 0 bridgehead atoms. The highest BCUT2D eigenvalue weighted by Crippen LogP contribution is 2.56. The first kappa shape index (κ1) is 9.64.